The summed E-state index contributed by atoms with van der Waals surface area (Å²) >= 11 is 0. The second-order valence-electron chi connectivity index (χ2n) is 9.78. The van der Waals surface area contributed by atoms with Crippen molar-refractivity contribution in [3.8, 4) is 0 Å². The average molecular weight is 639 g/mol. The topological polar surface area (TPSA) is 172 Å². The number of carbonyl (C=O) groups is 2. The van der Waals surface area contributed by atoms with Gasteiger partial charge in [0.1, 0.15) is 0 Å². The number of carbonyl (C=O) groups excluding carboxylic acids is 1. The van der Waals surface area contributed by atoms with E-state index in [4.69, 9.17) is 19.0 Å². The molecule has 3 rings (SSSR count). The lowest BCUT2D eigenvalue weighted by Crippen LogP contribution is -2.07. The van der Waals surface area contributed by atoms with E-state index in [0.717, 1.165) is 32.3 Å². The highest BCUT2D eigenvalue weighted by molar-refractivity contribution is 7.85. The number of hydrogen-bond donors (Lipinski definition) is 3. The van der Waals surface area contributed by atoms with Gasteiger partial charge in [0.2, 0.25) is 0 Å². The van der Waals surface area contributed by atoms with Crippen molar-refractivity contribution in [2.75, 3.05) is 0 Å². The molecule has 0 aromatic heterocycles. The Morgan fingerprint density at radius 2 is 1.14 bits per heavy atom. The molecule has 0 amide bonds. The van der Waals surface area contributed by atoms with Crippen LogP contribution < -0.4 is 0 Å². The smallest absolute Gasteiger partial charge is 0.448 e. The number of rotatable bonds is 8. The maximum atomic E-state index is 11.1. The first-order chi connectivity index (χ1) is 19.9. The Morgan fingerprint density at radius 3 is 1.42 bits per heavy atom. The van der Waals surface area contributed by atoms with E-state index in [1.165, 1.54) is 23.3 Å². The van der Waals surface area contributed by atoms with Gasteiger partial charge in [0.05, 0.1) is 4.90 Å². The maximum Gasteiger partial charge on any atom is 0.448 e. The highest BCUT2D eigenvalue weighted by Crippen LogP contribution is 2.32. The van der Waals surface area contributed by atoms with Gasteiger partial charge in [-0.15, -0.1) is 0 Å². The van der Waals surface area contributed by atoms with Crippen molar-refractivity contribution in [2.24, 2.45) is 0 Å². The van der Waals surface area contributed by atoms with Crippen LogP contribution in [0.2, 0.25) is 0 Å². The molecule has 10 nitrogen and oxygen atoms in total. The molecule has 3 N–H and O–H groups in total. The van der Waals surface area contributed by atoms with Gasteiger partial charge in [0, 0.05) is 13.8 Å². The first kappa shape index (κ1) is 39.4. The highest BCUT2D eigenvalue weighted by Gasteiger charge is 2.16. The van der Waals surface area contributed by atoms with Crippen molar-refractivity contribution >= 4 is 32.5 Å². The summed E-state index contributed by atoms with van der Waals surface area (Å²) in [6.45, 7) is 10.7. The molecule has 2 atom stereocenters. The zero-order chi connectivity index (χ0) is 33.2. The highest BCUT2D eigenvalue weighted by atomic mass is 32.3. The monoisotopic (exact) mass is 638 g/mol. The summed E-state index contributed by atoms with van der Waals surface area (Å²) in [6.07, 6.45) is 2.07. The van der Waals surface area contributed by atoms with Crippen LogP contribution in [-0.4, -0.2) is 43.0 Å². The molecule has 0 heterocycles. The lowest BCUT2D eigenvalue weighted by atomic mass is 9.85. The van der Waals surface area contributed by atoms with Crippen LogP contribution in [0.5, 0.6) is 0 Å². The SMILES string of the molecule is CC(=O)O.CC(=O)OS(=O)(=O)O.CC(C)c1ccccc1.CCC(CC(C)c1ccc(S(=O)(=O)O)cc1)c1ccccc1. The molecule has 0 saturated heterocycles. The summed E-state index contributed by atoms with van der Waals surface area (Å²) in [7, 11) is -8.69. The lowest BCUT2D eigenvalue weighted by Gasteiger charge is -2.20. The Bertz CT molecular complexity index is 1430. The minimum atomic E-state index is -4.57. The van der Waals surface area contributed by atoms with Crippen LogP contribution in [0.4, 0.5) is 0 Å². The molecule has 0 fully saturated rings. The third kappa shape index (κ3) is 19.3. The molecule has 0 aliphatic carbocycles. The van der Waals surface area contributed by atoms with Crippen molar-refractivity contribution in [1.29, 1.82) is 0 Å². The van der Waals surface area contributed by atoms with Gasteiger partial charge in [0.15, 0.2) is 0 Å². The third-order valence-corrected chi connectivity index (χ3v) is 7.15. The van der Waals surface area contributed by atoms with Gasteiger partial charge in [-0.3, -0.25) is 18.7 Å². The molecule has 0 spiro atoms. The zero-order valence-corrected chi connectivity index (χ0v) is 26.9. The summed E-state index contributed by atoms with van der Waals surface area (Å²) < 4.78 is 61.3. The van der Waals surface area contributed by atoms with Crippen molar-refractivity contribution in [3.05, 3.63) is 102 Å². The van der Waals surface area contributed by atoms with Gasteiger partial charge in [0.25, 0.3) is 16.1 Å². The maximum absolute atomic E-state index is 11.1. The van der Waals surface area contributed by atoms with Crippen molar-refractivity contribution in [1.82, 2.24) is 0 Å². The van der Waals surface area contributed by atoms with E-state index >= 15 is 0 Å². The van der Waals surface area contributed by atoms with Crippen LogP contribution in [-0.2, 0) is 34.3 Å². The second kappa shape index (κ2) is 19.6. The van der Waals surface area contributed by atoms with E-state index in [1.807, 2.05) is 12.1 Å². The molecule has 3 aromatic carbocycles. The fourth-order valence-electron chi connectivity index (χ4n) is 3.78. The predicted molar refractivity (Wildman–Crippen MR) is 166 cm³/mol. The Labute approximate surface area is 255 Å². The number of hydrogen-bond acceptors (Lipinski definition) is 7. The number of aliphatic carboxylic acids is 1. The summed E-state index contributed by atoms with van der Waals surface area (Å²) in [4.78, 5) is 18.6. The summed E-state index contributed by atoms with van der Waals surface area (Å²) in [6, 6.07) is 27.5. The molecule has 0 radical (unpaired) electrons. The first-order valence-electron chi connectivity index (χ1n) is 13.4. The van der Waals surface area contributed by atoms with Crippen LogP contribution in [0.3, 0.4) is 0 Å². The van der Waals surface area contributed by atoms with Crippen molar-refractivity contribution in [2.45, 2.75) is 77.0 Å². The fraction of sp³-hybridized carbons (Fsp3) is 0.355. The summed E-state index contributed by atoms with van der Waals surface area (Å²) in [5, 5.41) is 7.42. The summed E-state index contributed by atoms with van der Waals surface area (Å²) in [5.41, 5.74) is 3.84. The van der Waals surface area contributed by atoms with E-state index in [-0.39, 0.29) is 4.90 Å². The Hall–Kier alpha value is -3.58. The fourth-order valence-corrected chi connectivity index (χ4v) is 4.56. The lowest BCUT2D eigenvalue weighted by molar-refractivity contribution is -0.134. The van der Waals surface area contributed by atoms with Crippen LogP contribution >= 0.6 is 0 Å². The number of carboxylic acid groups (broad SMARTS) is 1. The van der Waals surface area contributed by atoms with Crippen LogP contribution in [0, 0.1) is 0 Å². The van der Waals surface area contributed by atoms with Gasteiger partial charge in [-0.2, -0.15) is 16.8 Å². The molecule has 2 unspecified atom stereocenters. The van der Waals surface area contributed by atoms with Gasteiger partial charge in [-0.1, -0.05) is 100 Å². The van der Waals surface area contributed by atoms with Crippen molar-refractivity contribution in [3.63, 3.8) is 0 Å². The van der Waals surface area contributed by atoms with E-state index < -0.39 is 32.5 Å². The predicted octanol–water partition coefficient (Wildman–Crippen LogP) is 6.87. The normalized spacial score (nSPS) is 12.1. The van der Waals surface area contributed by atoms with E-state index in [0.29, 0.717) is 17.8 Å². The van der Waals surface area contributed by atoms with E-state index in [1.54, 1.807) is 12.1 Å². The standard InChI is InChI=1S/C18H22O3S.C9H12.C2H4O5S.C2H4O2/c1-3-15(17-7-5-4-6-8-17)13-14(2)16-9-11-18(12-10-16)22(19,20)21;1-8(2)9-6-4-3-5-7-9;1-2(3)7-8(4,5)6;1-2(3)4/h4-12,14-15H,3,13H2,1-2H3,(H,19,20,21);3-8H,1-2H3;1H3,(H,4,5,6);1H3,(H,3,4). The molecule has 238 valence electrons. The minimum Gasteiger partial charge on any atom is -0.481 e. The molecule has 0 aliphatic rings. The van der Waals surface area contributed by atoms with Crippen LogP contribution in [0.15, 0.2) is 89.8 Å². The molecule has 0 saturated carbocycles. The minimum absolute atomic E-state index is 0.0569. The van der Waals surface area contributed by atoms with Gasteiger partial charge in [-0.05, 0) is 59.4 Å². The molecule has 3 aromatic rings. The molecule has 43 heavy (non-hydrogen) atoms. The van der Waals surface area contributed by atoms with Crippen LogP contribution in [0.25, 0.3) is 0 Å². The molecule has 12 heteroatoms. The van der Waals surface area contributed by atoms with Gasteiger partial charge < -0.3 is 9.29 Å². The first-order valence-corrected chi connectivity index (χ1v) is 16.2. The Balaban J connectivity index is 0.000000687. The summed E-state index contributed by atoms with van der Waals surface area (Å²) in [5.74, 6) is -0.434. The third-order valence-electron chi connectivity index (χ3n) is 5.84. The molecule has 0 bridgehead atoms. The van der Waals surface area contributed by atoms with Crippen molar-refractivity contribution < 1.29 is 44.8 Å². The Kier molecular flexibility index (Phi) is 17.9. The Morgan fingerprint density at radius 1 is 0.721 bits per heavy atom. The molecular weight excluding hydrogens is 596 g/mol. The zero-order valence-electron chi connectivity index (χ0n) is 25.2. The molecule has 0 aliphatic heterocycles. The number of carboxylic acids is 1. The quantitative estimate of drug-likeness (QED) is 0.221. The van der Waals surface area contributed by atoms with Gasteiger partial charge >= 0.3 is 16.4 Å². The average Bonchev–Trinajstić information content (AvgIpc) is 2.91. The largest absolute Gasteiger partial charge is 0.481 e. The van der Waals surface area contributed by atoms with E-state index in [2.05, 4.69) is 80.4 Å². The molecular formula is C31H42O10S2. The van der Waals surface area contributed by atoms with E-state index in [9.17, 15) is 21.6 Å². The van der Waals surface area contributed by atoms with Crippen LogP contribution in [0.1, 0.15) is 88.8 Å². The second-order valence-corrected chi connectivity index (χ2v) is 12.2. The van der Waals surface area contributed by atoms with Gasteiger partial charge in [-0.25, -0.2) is 0 Å². The number of benzene rings is 3.